The smallest absolute Gasteiger partial charge is 0.164 e. The predicted octanol–water partition coefficient (Wildman–Crippen LogP) is 4.69. The van der Waals surface area contributed by atoms with Gasteiger partial charge in [-0.05, 0) is 43.0 Å². The molecule has 1 aliphatic rings. The lowest BCUT2D eigenvalue weighted by atomic mass is 10.1. The summed E-state index contributed by atoms with van der Waals surface area (Å²) in [6.07, 6.45) is 7.24. The molecule has 2 aromatic heterocycles. The van der Waals surface area contributed by atoms with E-state index in [9.17, 15) is 9.00 Å². The number of carbonyl (C=O) groups excluding carboxylic acids is 1. The topological polar surface area (TPSA) is 109 Å². The van der Waals surface area contributed by atoms with Crippen molar-refractivity contribution in [2.24, 2.45) is 5.92 Å². The number of rotatable bonds is 10. The molecule has 1 saturated carbocycles. The van der Waals surface area contributed by atoms with E-state index in [4.69, 9.17) is 4.74 Å². The first kappa shape index (κ1) is 22.0. The van der Waals surface area contributed by atoms with Gasteiger partial charge in [-0.15, -0.1) is 0 Å². The molecule has 0 saturated heterocycles. The van der Waals surface area contributed by atoms with Gasteiger partial charge in [0.15, 0.2) is 12.1 Å². The van der Waals surface area contributed by atoms with E-state index < -0.39 is 11.0 Å². The molecule has 168 valence electrons. The van der Waals surface area contributed by atoms with Crippen molar-refractivity contribution in [1.82, 2.24) is 15.2 Å². The molecular formula is C23H27N5O3S. The summed E-state index contributed by atoms with van der Waals surface area (Å²) >= 11 is 0. The molecule has 0 bridgehead atoms. The molecule has 0 spiro atoms. The van der Waals surface area contributed by atoms with Gasteiger partial charge in [-0.3, -0.25) is 9.89 Å². The van der Waals surface area contributed by atoms with Crippen LogP contribution in [0.1, 0.15) is 43.0 Å². The average Bonchev–Trinajstić information content (AvgIpc) is 3.49. The minimum Gasteiger partial charge on any atom is -0.491 e. The number of aromatic nitrogens is 3. The maximum Gasteiger partial charge on any atom is 0.164 e. The summed E-state index contributed by atoms with van der Waals surface area (Å²) in [5, 5.41) is 10.3. The molecular weight excluding hydrogens is 426 g/mol. The first-order valence-corrected chi connectivity index (χ1v) is 12.1. The highest BCUT2D eigenvalue weighted by molar-refractivity contribution is 7.86. The highest BCUT2D eigenvalue weighted by atomic mass is 32.2. The third-order valence-electron chi connectivity index (χ3n) is 5.54. The summed E-state index contributed by atoms with van der Waals surface area (Å²) in [4.78, 5) is 16.1. The second-order valence-corrected chi connectivity index (χ2v) is 9.20. The first-order valence-electron chi connectivity index (χ1n) is 10.8. The zero-order valence-electron chi connectivity index (χ0n) is 18.0. The molecule has 0 amide bonds. The Balaban J connectivity index is 1.62. The predicted molar refractivity (Wildman–Crippen MR) is 127 cm³/mol. The molecule has 8 nitrogen and oxygen atoms in total. The maximum absolute atomic E-state index is 12.1. The van der Waals surface area contributed by atoms with Crippen molar-refractivity contribution in [3.8, 4) is 17.0 Å². The summed E-state index contributed by atoms with van der Waals surface area (Å²) in [6, 6.07) is 11.0. The molecule has 9 heteroatoms. The molecule has 0 aliphatic heterocycles. The van der Waals surface area contributed by atoms with E-state index in [0.717, 1.165) is 11.8 Å². The first-order chi connectivity index (χ1) is 15.7. The van der Waals surface area contributed by atoms with Crippen molar-refractivity contribution in [3.63, 3.8) is 0 Å². The van der Waals surface area contributed by atoms with E-state index in [-0.39, 0.29) is 0 Å². The van der Waals surface area contributed by atoms with Crippen LogP contribution in [-0.2, 0) is 11.0 Å². The third kappa shape index (κ3) is 5.16. The van der Waals surface area contributed by atoms with E-state index in [2.05, 4.69) is 25.2 Å². The molecule has 4 rings (SSSR count). The maximum atomic E-state index is 12.1. The summed E-state index contributed by atoms with van der Waals surface area (Å²) < 4.78 is 21.3. The van der Waals surface area contributed by atoms with Gasteiger partial charge in [-0.1, -0.05) is 31.9 Å². The van der Waals surface area contributed by atoms with Crippen LogP contribution in [0.4, 0.5) is 17.3 Å². The number of aldehydes is 1. The van der Waals surface area contributed by atoms with Crippen molar-refractivity contribution in [1.29, 1.82) is 0 Å². The minimum atomic E-state index is -1.19. The Bertz CT molecular complexity index is 1080. The number of hydrogen-bond acceptors (Lipinski definition) is 6. The largest absolute Gasteiger partial charge is 0.491 e. The quantitative estimate of drug-likeness (QED) is 0.384. The van der Waals surface area contributed by atoms with Gasteiger partial charge in [0, 0.05) is 17.5 Å². The van der Waals surface area contributed by atoms with Crippen LogP contribution < -0.4 is 14.8 Å². The van der Waals surface area contributed by atoms with E-state index in [1.165, 1.54) is 25.7 Å². The van der Waals surface area contributed by atoms with Gasteiger partial charge in [0.1, 0.15) is 22.6 Å². The molecule has 3 aromatic rings. The molecule has 1 atom stereocenters. The zero-order valence-corrected chi connectivity index (χ0v) is 18.8. The number of H-pyrrole nitrogens is 1. The van der Waals surface area contributed by atoms with E-state index in [1.54, 1.807) is 12.3 Å². The Labute approximate surface area is 189 Å². The lowest BCUT2D eigenvalue weighted by Gasteiger charge is -2.16. The van der Waals surface area contributed by atoms with E-state index >= 15 is 0 Å². The lowest BCUT2D eigenvalue weighted by molar-refractivity contribution is 0.112. The monoisotopic (exact) mass is 453 g/mol. The zero-order chi connectivity index (χ0) is 22.3. The fourth-order valence-electron chi connectivity index (χ4n) is 3.80. The molecule has 1 unspecified atom stereocenters. The molecule has 1 aromatic carbocycles. The Morgan fingerprint density at radius 1 is 1.25 bits per heavy atom. The van der Waals surface area contributed by atoms with Crippen LogP contribution in [0.3, 0.4) is 0 Å². The number of benzene rings is 1. The summed E-state index contributed by atoms with van der Waals surface area (Å²) in [6.45, 7) is 2.47. The van der Waals surface area contributed by atoms with Gasteiger partial charge in [-0.25, -0.2) is 9.19 Å². The van der Waals surface area contributed by atoms with Crippen LogP contribution in [0.15, 0.2) is 42.6 Å². The number of nitrogens with one attached hydrogen (secondary N) is 3. The number of aromatic amines is 1. The van der Waals surface area contributed by atoms with Gasteiger partial charge in [0.2, 0.25) is 0 Å². The second kappa shape index (κ2) is 10.4. The van der Waals surface area contributed by atoms with Crippen LogP contribution in [-0.4, -0.2) is 38.0 Å². The van der Waals surface area contributed by atoms with Gasteiger partial charge in [-0.2, -0.15) is 5.10 Å². The van der Waals surface area contributed by atoms with Gasteiger partial charge < -0.3 is 14.8 Å². The molecule has 1 fully saturated rings. The van der Waals surface area contributed by atoms with Crippen LogP contribution in [0.2, 0.25) is 0 Å². The van der Waals surface area contributed by atoms with Gasteiger partial charge in [0.05, 0.1) is 23.6 Å². The summed E-state index contributed by atoms with van der Waals surface area (Å²) in [5.41, 5.74) is 2.40. The summed E-state index contributed by atoms with van der Waals surface area (Å²) in [7, 11) is -1.19. The second-order valence-electron chi connectivity index (χ2n) is 7.73. The standard InChI is InChI=1S/C23H27N5O3S/c1-2-32(30)28-19-11-10-17(13-20(19)31-15-16-7-3-4-8-16)22-18(14-29)23(27-26-22)25-21-9-5-6-12-24-21/h5-6,9-14,16,28H,2-4,7-8,15H2,1H3,(H2,24,25,26,27). The number of pyridine rings is 1. The Hall–Kier alpha value is -3.20. The van der Waals surface area contributed by atoms with Crippen LogP contribution >= 0.6 is 0 Å². The minimum absolute atomic E-state index is 0.398. The van der Waals surface area contributed by atoms with Gasteiger partial charge in [0.25, 0.3) is 0 Å². The van der Waals surface area contributed by atoms with Crippen LogP contribution in [0.5, 0.6) is 5.75 Å². The van der Waals surface area contributed by atoms with E-state index in [0.29, 0.717) is 52.6 Å². The van der Waals surface area contributed by atoms with Crippen LogP contribution in [0.25, 0.3) is 11.3 Å². The van der Waals surface area contributed by atoms with Crippen molar-refractivity contribution < 1.29 is 13.7 Å². The van der Waals surface area contributed by atoms with Crippen LogP contribution in [0, 0.1) is 5.92 Å². The average molecular weight is 454 g/mol. The van der Waals surface area contributed by atoms with Crippen molar-refractivity contribution >= 4 is 34.6 Å². The van der Waals surface area contributed by atoms with Crippen molar-refractivity contribution in [2.45, 2.75) is 32.6 Å². The molecule has 3 N–H and O–H groups in total. The fraction of sp³-hybridized carbons (Fsp3) is 0.348. The lowest BCUT2D eigenvalue weighted by Crippen LogP contribution is -2.11. The highest BCUT2D eigenvalue weighted by Gasteiger charge is 2.19. The van der Waals surface area contributed by atoms with Crippen molar-refractivity contribution in [3.05, 3.63) is 48.2 Å². The Kier molecular flexibility index (Phi) is 7.16. The highest BCUT2D eigenvalue weighted by Crippen LogP contribution is 2.35. The normalized spacial score (nSPS) is 14.8. The SMILES string of the molecule is CCS(=O)Nc1ccc(-c2[nH]nc(Nc3ccccn3)c2C=O)cc1OCC1CCCC1. The molecule has 32 heavy (non-hydrogen) atoms. The number of nitrogens with zero attached hydrogens (tertiary/aromatic N) is 2. The number of ether oxygens (including phenoxy) is 1. The third-order valence-corrected chi connectivity index (χ3v) is 6.51. The Morgan fingerprint density at radius 3 is 2.81 bits per heavy atom. The number of hydrogen-bond donors (Lipinski definition) is 3. The number of anilines is 3. The van der Waals surface area contributed by atoms with Gasteiger partial charge >= 0.3 is 0 Å². The summed E-state index contributed by atoms with van der Waals surface area (Å²) in [5.74, 6) is 2.63. The fourth-order valence-corrected chi connectivity index (χ4v) is 4.36. The molecule has 1 aliphatic carbocycles. The molecule has 2 heterocycles. The Morgan fingerprint density at radius 2 is 2.09 bits per heavy atom. The van der Waals surface area contributed by atoms with Crippen molar-refractivity contribution in [2.75, 3.05) is 22.4 Å². The van der Waals surface area contributed by atoms with E-state index in [1.807, 2.05) is 37.3 Å². The number of carbonyl (C=O) groups is 1. The molecule has 0 radical (unpaired) electrons.